The lowest BCUT2D eigenvalue weighted by atomic mass is 9.99. The highest BCUT2D eigenvalue weighted by Crippen LogP contribution is 2.33. The zero-order valence-corrected chi connectivity index (χ0v) is 27.8. The lowest BCUT2D eigenvalue weighted by molar-refractivity contribution is 1.07. The van der Waals surface area contributed by atoms with Crippen LogP contribution in [-0.2, 0) is 0 Å². The zero-order valence-electron chi connectivity index (χ0n) is 27.8. The van der Waals surface area contributed by atoms with E-state index in [-0.39, 0.29) is 0 Å². The standard InChI is InChI=1S/C45H30N6/c1-29-27-40(31-9-4-2-5-10-31)48-42-38(29)21-19-32-20-22-39(47-41(32)42)37-14-8-13-36(28-37)30-15-17-34(18-16-30)44-49-43(33-11-6-3-7-12-33)50-45(51-44)35-23-25-46-26-24-35/h2-28H,1H3. The van der Waals surface area contributed by atoms with Gasteiger partial charge in [0.2, 0.25) is 0 Å². The first-order chi connectivity index (χ1) is 25.2. The van der Waals surface area contributed by atoms with Crippen molar-refractivity contribution in [2.45, 2.75) is 6.92 Å². The molecule has 0 atom stereocenters. The monoisotopic (exact) mass is 654 g/mol. The number of aryl methyl sites for hydroxylation is 1. The van der Waals surface area contributed by atoms with Crippen molar-refractivity contribution in [1.82, 2.24) is 29.9 Å². The molecule has 0 aliphatic heterocycles. The molecule has 0 N–H and O–H groups in total. The number of pyridine rings is 3. The van der Waals surface area contributed by atoms with Crippen LogP contribution < -0.4 is 0 Å². The molecule has 0 bridgehead atoms. The smallest absolute Gasteiger partial charge is 0.164 e. The van der Waals surface area contributed by atoms with E-state index in [1.54, 1.807) is 12.4 Å². The van der Waals surface area contributed by atoms with Crippen LogP contribution in [0.1, 0.15) is 5.56 Å². The Morgan fingerprint density at radius 1 is 0.353 bits per heavy atom. The average molecular weight is 655 g/mol. The molecule has 6 heteroatoms. The van der Waals surface area contributed by atoms with Gasteiger partial charge in [-0.25, -0.2) is 24.9 Å². The highest BCUT2D eigenvalue weighted by atomic mass is 15.0. The predicted molar refractivity (Wildman–Crippen MR) is 206 cm³/mol. The van der Waals surface area contributed by atoms with Crippen molar-refractivity contribution in [1.29, 1.82) is 0 Å². The summed E-state index contributed by atoms with van der Waals surface area (Å²) < 4.78 is 0. The van der Waals surface area contributed by atoms with Crippen molar-refractivity contribution in [3.8, 4) is 67.8 Å². The summed E-state index contributed by atoms with van der Waals surface area (Å²) in [5.41, 5.74) is 11.9. The van der Waals surface area contributed by atoms with Crippen LogP contribution in [0.4, 0.5) is 0 Å². The third-order valence-electron chi connectivity index (χ3n) is 9.16. The normalized spacial score (nSPS) is 11.2. The Bertz CT molecular complexity index is 2620. The van der Waals surface area contributed by atoms with Gasteiger partial charge in [-0.1, -0.05) is 121 Å². The van der Waals surface area contributed by atoms with E-state index in [1.165, 1.54) is 5.56 Å². The van der Waals surface area contributed by atoms with E-state index in [4.69, 9.17) is 24.9 Å². The molecule has 240 valence electrons. The van der Waals surface area contributed by atoms with Crippen LogP contribution in [0.3, 0.4) is 0 Å². The first-order valence-electron chi connectivity index (χ1n) is 16.9. The molecule has 0 spiro atoms. The second kappa shape index (κ2) is 12.8. The van der Waals surface area contributed by atoms with Gasteiger partial charge in [0.05, 0.1) is 22.4 Å². The van der Waals surface area contributed by atoms with Gasteiger partial charge in [0.25, 0.3) is 0 Å². The van der Waals surface area contributed by atoms with Crippen LogP contribution in [0, 0.1) is 6.92 Å². The average Bonchev–Trinajstić information content (AvgIpc) is 3.21. The van der Waals surface area contributed by atoms with Crippen molar-refractivity contribution in [2.24, 2.45) is 0 Å². The minimum Gasteiger partial charge on any atom is -0.265 e. The van der Waals surface area contributed by atoms with E-state index >= 15 is 0 Å². The van der Waals surface area contributed by atoms with E-state index in [2.05, 4.69) is 103 Å². The Hall–Kier alpha value is -6.92. The van der Waals surface area contributed by atoms with Crippen LogP contribution in [0.2, 0.25) is 0 Å². The van der Waals surface area contributed by atoms with Crippen LogP contribution in [0.5, 0.6) is 0 Å². The molecule has 0 amide bonds. The Labute approximate surface area is 295 Å². The van der Waals surface area contributed by atoms with Gasteiger partial charge >= 0.3 is 0 Å². The van der Waals surface area contributed by atoms with Crippen molar-refractivity contribution >= 4 is 21.8 Å². The summed E-state index contributed by atoms with van der Waals surface area (Å²) >= 11 is 0. The van der Waals surface area contributed by atoms with Gasteiger partial charge in [0.15, 0.2) is 17.5 Å². The van der Waals surface area contributed by atoms with E-state index < -0.39 is 0 Å². The lowest BCUT2D eigenvalue weighted by Crippen LogP contribution is -2.00. The van der Waals surface area contributed by atoms with Crippen LogP contribution in [0.25, 0.3) is 89.6 Å². The fraction of sp³-hybridized carbons (Fsp3) is 0.0222. The number of hydrogen-bond donors (Lipinski definition) is 0. The Kier molecular flexibility index (Phi) is 7.59. The zero-order chi connectivity index (χ0) is 34.1. The molecule has 4 heterocycles. The maximum absolute atomic E-state index is 5.22. The molecular formula is C45H30N6. The number of hydrogen-bond acceptors (Lipinski definition) is 6. The van der Waals surface area contributed by atoms with E-state index in [0.717, 1.165) is 72.1 Å². The maximum atomic E-state index is 5.22. The number of benzene rings is 5. The summed E-state index contributed by atoms with van der Waals surface area (Å²) in [5, 5.41) is 2.18. The van der Waals surface area contributed by atoms with Gasteiger partial charge in [0.1, 0.15) is 0 Å². The molecule has 6 nitrogen and oxygen atoms in total. The van der Waals surface area contributed by atoms with Crippen molar-refractivity contribution in [3.05, 3.63) is 170 Å². The van der Waals surface area contributed by atoms with Gasteiger partial charge in [-0.3, -0.25) is 4.98 Å². The molecule has 51 heavy (non-hydrogen) atoms. The number of rotatable bonds is 6. The SMILES string of the molecule is Cc1cc(-c2ccccc2)nc2c1ccc1ccc(-c3cccc(-c4ccc(-c5nc(-c6ccccc6)nc(-c6ccncc6)n5)cc4)c3)nc12. The number of fused-ring (bicyclic) bond motifs is 3. The molecule has 0 saturated carbocycles. The number of aromatic nitrogens is 6. The lowest BCUT2D eigenvalue weighted by Gasteiger charge is -2.11. The molecule has 0 fully saturated rings. The minimum absolute atomic E-state index is 0.607. The Morgan fingerprint density at radius 2 is 0.902 bits per heavy atom. The molecule has 9 aromatic rings. The molecule has 9 rings (SSSR count). The fourth-order valence-corrected chi connectivity index (χ4v) is 6.48. The second-order valence-electron chi connectivity index (χ2n) is 12.5. The predicted octanol–water partition coefficient (Wildman–Crippen LogP) is 10.7. The van der Waals surface area contributed by atoms with Gasteiger partial charge in [0, 0.05) is 51.0 Å². The number of nitrogens with zero attached hydrogens (tertiary/aromatic N) is 6. The second-order valence-corrected chi connectivity index (χ2v) is 12.5. The highest BCUT2D eigenvalue weighted by molar-refractivity contribution is 6.05. The summed E-state index contributed by atoms with van der Waals surface area (Å²) in [4.78, 5) is 29.1. The molecule has 0 aliphatic rings. The molecule has 0 aliphatic carbocycles. The molecule has 0 unspecified atom stereocenters. The van der Waals surface area contributed by atoms with Crippen LogP contribution in [-0.4, -0.2) is 29.9 Å². The summed E-state index contributed by atoms with van der Waals surface area (Å²) in [7, 11) is 0. The van der Waals surface area contributed by atoms with E-state index in [1.807, 2.05) is 60.7 Å². The summed E-state index contributed by atoms with van der Waals surface area (Å²) in [6.45, 7) is 2.14. The van der Waals surface area contributed by atoms with Gasteiger partial charge in [-0.2, -0.15) is 0 Å². The molecule has 5 aromatic carbocycles. The first kappa shape index (κ1) is 30.2. The van der Waals surface area contributed by atoms with E-state index in [0.29, 0.717) is 17.5 Å². The largest absolute Gasteiger partial charge is 0.265 e. The third kappa shape index (κ3) is 5.89. The summed E-state index contributed by atoms with van der Waals surface area (Å²) in [6.07, 6.45) is 3.50. The quantitative estimate of drug-likeness (QED) is 0.166. The van der Waals surface area contributed by atoms with Crippen molar-refractivity contribution in [3.63, 3.8) is 0 Å². The molecule has 0 saturated heterocycles. The Balaban J connectivity index is 1.07. The van der Waals surface area contributed by atoms with Crippen LogP contribution >= 0.6 is 0 Å². The Morgan fingerprint density at radius 3 is 1.61 bits per heavy atom. The summed E-state index contributed by atoms with van der Waals surface area (Å²) in [6, 6.07) is 51.7. The van der Waals surface area contributed by atoms with Crippen LogP contribution in [0.15, 0.2) is 164 Å². The minimum atomic E-state index is 0.607. The van der Waals surface area contributed by atoms with Gasteiger partial charge < -0.3 is 0 Å². The summed E-state index contributed by atoms with van der Waals surface area (Å²) in [5.74, 6) is 1.85. The van der Waals surface area contributed by atoms with Gasteiger partial charge in [-0.15, -0.1) is 0 Å². The third-order valence-corrected chi connectivity index (χ3v) is 9.16. The molecule has 0 radical (unpaired) electrons. The van der Waals surface area contributed by atoms with E-state index in [9.17, 15) is 0 Å². The van der Waals surface area contributed by atoms with Gasteiger partial charge in [-0.05, 0) is 53.9 Å². The molecule has 4 aromatic heterocycles. The van der Waals surface area contributed by atoms with Crippen molar-refractivity contribution in [2.75, 3.05) is 0 Å². The van der Waals surface area contributed by atoms with Crippen molar-refractivity contribution < 1.29 is 0 Å². The highest BCUT2D eigenvalue weighted by Gasteiger charge is 2.14. The topological polar surface area (TPSA) is 77.3 Å². The fourth-order valence-electron chi connectivity index (χ4n) is 6.48. The first-order valence-corrected chi connectivity index (χ1v) is 16.9. The molecular weight excluding hydrogens is 625 g/mol. The maximum Gasteiger partial charge on any atom is 0.164 e.